The molecule has 2 aliphatic heterocycles. The number of anilines is 2. The molecule has 1 unspecified atom stereocenters. The number of nitrogens with zero attached hydrogens (tertiary/aromatic N) is 1. The summed E-state index contributed by atoms with van der Waals surface area (Å²) in [6.45, 7) is 1.80. The van der Waals surface area contributed by atoms with Crippen LogP contribution < -0.4 is 16.0 Å². The second-order valence-corrected chi connectivity index (χ2v) is 6.81. The highest BCUT2D eigenvalue weighted by Gasteiger charge is 2.29. The van der Waals surface area contributed by atoms with E-state index in [1.165, 1.54) is 10.4 Å². The van der Waals surface area contributed by atoms with Gasteiger partial charge in [0.05, 0.1) is 10.7 Å². The van der Waals surface area contributed by atoms with Crippen LogP contribution in [0.1, 0.15) is 22.0 Å². The van der Waals surface area contributed by atoms with E-state index in [4.69, 9.17) is 17.3 Å². The molecule has 0 spiro atoms. The molecule has 2 aliphatic rings. The van der Waals surface area contributed by atoms with Gasteiger partial charge in [-0.1, -0.05) is 11.6 Å². The van der Waals surface area contributed by atoms with Gasteiger partial charge in [0, 0.05) is 29.2 Å². The lowest BCUT2D eigenvalue weighted by atomic mass is 10.1. The Hall–Kier alpha value is -1.56. The number of carbonyl (C=O) groups excluding carboxylic acids is 1. The molecule has 1 amide bonds. The maximum atomic E-state index is 11.7. The highest BCUT2D eigenvalue weighted by Crippen LogP contribution is 2.39. The van der Waals surface area contributed by atoms with Crippen molar-refractivity contribution in [1.29, 1.82) is 0 Å². The number of nitrogens with two attached hydrogens (primary N) is 1. The van der Waals surface area contributed by atoms with Gasteiger partial charge in [-0.05, 0) is 35.6 Å². The van der Waals surface area contributed by atoms with Crippen LogP contribution in [-0.2, 0) is 17.8 Å². The summed E-state index contributed by atoms with van der Waals surface area (Å²) in [6.07, 6.45) is 1.03. The van der Waals surface area contributed by atoms with E-state index in [9.17, 15) is 4.79 Å². The zero-order chi connectivity index (χ0) is 14.6. The van der Waals surface area contributed by atoms with Crippen molar-refractivity contribution in [3.05, 3.63) is 44.6 Å². The first kappa shape index (κ1) is 13.1. The van der Waals surface area contributed by atoms with E-state index in [0.29, 0.717) is 5.02 Å². The predicted octanol–water partition coefficient (Wildman–Crippen LogP) is 2.92. The fourth-order valence-electron chi connectivity index (χ4n) is 2.99. The number of halogens is 1. The average Bonchev–Trinajstić information content (AvgIpc) is 3.04. The minimum absolute atomic E-state index is 0.169. The summed E-state index contributed by atoms with van der Waals surface area (Å²) in [5.74, 6) is -0.169. The van der Waals surface area contributed by atoms with Gasteiger partial charge in [-0.25, -0.2) is 0 Å². The Morgan fingerprint density at radius 3 is 3.14 bits per heavy atom. The van der Waals surface area contributed by atoms with Crippen molar-refractivity contribution >= 4 is 40.2 Å². The third kappa shape index (κ3) is 2.04. The highest BCUT2D eigenvalue weighted by molar-refractivity contribution is 7.10. The summed E-state index contributed by atoms with van der Waals surface area (Å²) >= 11 is 8.24. The smallest absolute Gasteiger partial charge is 0.245 e. The molecule has 1 atom stereocenters. The Morgan fingerprint density at radius 2 is 2.29 bits per heavy atom. The maximum absolute atomic E-state index is 11.7. The summed E-state index contributed by atoms with van der Waals surface area (Å²) in [5, 5.41) is 5.61. The fourth-order valence-corrected chi connectivity index (χ4v) is 4.17. The molecule has 6 heteroatoms. The number of benzene rings is 1. The largest absolute Gasteiger partial charge is 0.366 e. The van der Waals surface area contributed by atoms with Crippen LogP contribution >= 0.6 is 22.9 Å². The number of hydrogen-bond acceptors (Lipinski definition) is 4. The zero-order valence-electron chi connectivity index (χ0n) is 11.2. The summed E-state index contributed by atoms with van der Waals surface area (Å²) in [5.41, 5.74) is 9.74. The summed E-state index contributed by atoms with van der Waals surface area (Å²) in [6, 6.07) is 5.32. The van der Waals surface area contributed by atoms with Crippen LogP contribution in [0.4, 0.5) is 11.4 Å². The Labute approximate surface area is 131 Å². The quantitative estimate of drug-likeness (QED) is 0.849. The van der Waals surface area contributed by atoms with Gasteiger partial charge in [-0.2, -0.15) is 0 Å². The van der Waals surface area contributed by atoms with Crippen LogP contribution in [-0.4, -0.2) is 12.5 Å². The molecule has 3 heterocycles. The molecule has 0 saturated heterocycles. The monoisotopic (exact) mass is 319 g/mol. The van der Waals surface area contributed by atoms with Crippen LogP contribution in [0, 0.1) is 0 Å². The van der Waals surface area contributed by atoms with E-state index in [1.807, 2.05) is 23.5 Å². The first-order valence-corrected chi connectivity index (χ1v) is 8.09. The van der Waals surface area contributed by atoms with Gasteiger partial charge >= 0.3 is 0 Å². The number of fused-ring (bicyclic) bond motifs is 2. The lowest BCUT2D eigenvalue weighted by Gasteiger charge is -2.30. The summed E-state index contributed by atoms with van der Waals surface area (Å²) in [7, 11) is 0. The number of rotatable bonds is 1. The summed E-state index contributed by atoms with van der Waals surface area (Å²) < 4.78 is 0. The van der Waals surface area contributed by atoms with Crippen LogP contribution in [0.3, 0.4) is 0 Å². The third-order valence-electron chi connectivity index (χ3n) is 4.14. The van der Waals surface area contributed by atoms with Crippen molar-refractivity contribution in [2.24, 2.45) is 5.73 Å². The number of thiophene rings is 1. The van der Waals surface area contributed by atoms with Crippen LogP contribution in [0.15, 0.2) is 23.6 Å². The SMILES string of the molecule is NC1C(=O)Nc2cc(N3CCc4sccc4C3)c(Cl)cc21. The molecule has 108 valence electrons. The molecule has 3 N–H and O–H groups in total. The molecule has 0 radical (unpaired) electrons. The van der Waals surface area contributed by atoms with E-state index < -0.39 is 6.04 Å². The van der Waals surface area contributed by atoms with Gasteiger partial charge in [0.25, 0.3) is 0 Å². The van der Waals surface area contributed by atoms with Gasteiger partial charge in [0.15, 0.2) is 0 Å². The zero-order valence-corrected chi connectivity index (χ0v) is 12.8. The first-order valence-electron chi connectivity index (χ1n) is 6.83. The van der Waals surface area contributed by atoms with E-state index >= 15 is 0 Å². The number of hydrogen-bond donors (Lipinski definition) is 2. The van der Waals surface area contributed by atoms with Gasteiger partial charge in [0.2, 0.25) is 5.91 Å². The van der Waals surface area contributed by atoms with Gasteiger partial charge in [-0.15, -0.1) is 11.3 Å². The Balaban J connectivity index is 1.71. The molecule has 0 aliphatic carbocycles. The number of nitrogens with one attached hydrogen (secondary N) is 1. The lowest BCUT2D eigenvalue weighted by molar-refractivity contribution is -0.116. The number of amides is 1. The van der Waals surface area contributed by atoms with E-state index in [1.54, 1.807) is 0 Å². The molecule has 1 aromatic carbocycles. The fraction of sp³-hybridized carbons (Fsp3) is 0.267. The van der Waals surface area contributed by atoms with Gasteiger partial charge in [-0.3, -0.25) is 4.79 Å². The lowest BCUT2D eigenvalue weighted by Crippen LogP contribution is -2.29. The second-order valence-electron chi connectivity index (χ2n) is 5.40. The molecule has 1 aromatic heterocycles. The van der Waals surface area contributed by atoms with Gasteiger partial charge in [0.1, 0.15) is 6.04 Å². The second kappa shape index (κ2) is 4.73. The van der Waals surface area contributed by atoms with Crippen molar-refractivity contribution in [3.8, 4) is 0 Å². The predicted molar refractivity (Wildman–Crippen MR) is 86.1 cm³/mol. The molecule has 0 saturated carbocycles. The molecule has 2 aromatic rings. The Bertz CT molecular complexity index is 743. The van der Waals surface area contributed by atoms with E-state index in [0.717, 1.165) is 36.4 Å². The van der Waals surface area contributed by atoms with Crippen molar-refractivity contribution < 1.29 is 4.79 Å². The standard InChI is InChI=1S/C15H14ClN3OS/c16-10-5-9-11(18-15(20)14(9)17)6-12(10)19-3-1-13-8(7-19)2-4-21-13/h2,4-6,14H,1,3,7,17H2,(H,18,20). The van der Waals surface area contributed by atoms with Crippen molar-refractivity contribution in [2.75, 3.05) is 16.8 Å². The minimum atomic E-state index is -0.614. The molecule has 21 heavy (non-hydrogen) atoms. The highest BCUT2D eigenvalue weighted by atomic mass is 35.5. The van der Waals surface area contributed by atoms with Crippen LogP contribution in [0.25, 0.3) is 0 Å². The summed E-state index contributed by atoms with van der Waals surface area (Å²) in [4.78, 5) is 15.4. The van der Waals surface area contributed by atoms with Gasteiger partial charge < -0.3 is 16.0 Å². The maximum Gasteiger partial charge on any atom is 0.245 e. The first-order chi connectivity index (χ1) is 10.1. The van der Waals surface area contributed by atoms with Crippen molar-refractivity contribution in [3.63, 3.8) is 0 Å². The van der Waals surface area contributed by atoms with Crippen LogP contribution in [0.5, 0.6) is 0 Å². The topological polar surface area (TPSA) is 58.4 Å². The molecular weight excluding hydrogens is 306 g/mol. The van der Waals surface area contributed by atoms with E-state index in [-0.39, 0.29) is 5.91 Å². The molecule has 0 bridgehead atoms. The van der Waals surface area contributed by atoms with Crippen LogP contribution in [0.2, 0.25) is 5.02 Å². The molecular formula is C15H14ClN3OS. The average molecular weight is 320 g/mol. The number of carbonyl (C=O) groups is 1. The van der Waals surface area contributed by atoms with E-state index in [2.05, 4.69) is 21.7 Å². The molecule has 4 rings (SSSR count). The normalized spacial score (nSPS) is 20.2. The molecule has 4 nitrogen and oxygen atoms in total. The van der Waals surface area contributed by atoms with Crippen molar-refractivity contribution in [2.45, 2.75) is 19.0 Å². The third-order valence-corrected chi connectivity index (χ3v) is 5.47. The minimum Gasteiger partial charge on any atom is -0.366 e. The Kier molecular flexibility index (Phi) is 2.96. The van der Waals surface area contributed by atoms with Crippen molar-refractivity contribution in [1.82, 2.24) is 0 Å². The molecule has 0 fully saturated rings. The Morgan fingerprint density at radius 1 is 1.43 bits per heavy atom.